The zero-order valence-electron chi connectivity index (χ0n) is 11.2. The van der Waals surface area contributed by atoms with Gasteiger partial charge in [0.2, 0.25) is 11.8 Å². The molecule has 5 nitrogen and oxygen atoms in total. The second-order valence-corrected chi connectivity index (χ2v) is 4.89. The van der Waals surface area contributed by atoms with Crippen LogP contribution in [0.15, 0.2) is 24.3 Å². The molecule has 1 aliphatic rings. The number of rotatable bonds is 2. The van der Waals surface area contributed by atoms with Crippen LogP contribution in [0, 0.1) is 0 Å². The molecule has 2 atom stereocenters. The second-order valence-electron chi connectivity index (χ2n) is 4.89. The van der Waals surface area contributed by atoms with E-state index in [1.54, 1.807) is 24.0 Å². The molecule has 1 heterocycles. The van der Waals surface area contributed by atoms with Gasteiger partial charge in [-0.2, -0.15) is 0 Å². The molecule has 1 fully saturated rings. The fraction of sp³-hybridized carbons (Fsp3) is 0.429. The lowest BCUT2D eigenvalue weighted by molar-refractivity contribution is -0.143. The van der Waals surface area contributed by atoms with Gasteiger partial charge in [0.25, 0.3) is 0 Å². The summed E-state index contributed by atoms with van der Waals surface area (Å²) in [7, 11) is 0. The Bertz CT molecular complexity index is 501. The van der Waals surface area contributed by atoms with E-state index in [0.717, 1.165) is 5.56 Å². The molecule has 0 saturated carbocycles. The van der Waals surface area contributed by atoms with E-state index in [1.165, 1.54) is 0 Å². The average Bonchev–Trinajstić information content (AvgIpc) is 2.40. The van der Waals surface area contributed by atoms with Crippen molar-refractivity contribution in [2.75, 3.05) is 18.8 Å². The second kappa shape index (κ2) is 5.30. The third-order valence-corrected chi connectivity index (χ3v) is 3.56. The number of hydrogen-bond acceptors (Lipinski definition) is 3. The maximum Gasteiger partial charge on any atom is 0.242 e. The van der Waals surface area contributed by atoms with Gasteiger partial charge in [-0.1, -0.05) is 12.1 Å². The molecule has 2 amide bonds. The molecule has 1 aliphatic heterocycles. The van der Waals surface area contributed by atoms with Gasteiger partial charge in [-0.3, -0.25) is 9.59 Å². The SMILES string of the molecule is CC(C(=O)N1CCNC(=O)C1C)c1cccc(N)c1. The van der Waals surface area contributed by atoms with E-state index in [-0.39, 0.29) is 17.7 Å². The predicted molar refractivity (Wildman–Crippen MR) is 73.5 cm³/mol. The maximum atomic E-state index is 12.5. The molecule has 1 aromatic carbocycles. The van der Waals surface area contributed by atoms with Crippen LogP contribution in [0.2, 0.25) is 0 Å². The molecule has 3 N–H and O–H groups in total. The van der Waals surface area contributed by atoms with E-state index in [2.05, 4.69) is 5.32 Å². The smallest absolute Gasteiger partial charge is 0.242 e. The summed E-state index contributed by atoms with van der Waals surface area (Å²) in [6, 6.07) is 6.90. The van der Waals surface area contributed by atoms with Crippen molar-refractivity contribution < 1.29 is 9.59 Å². The van der Waals surface area contributed by atoms with Crippen molar-refractivity contribution in [3.8, 4) is 0 Å². The number of piperazine rings is 1. The number of hydrogen-bond donors (Lipinski definition) is 2. The van der Waals surface area contributed by atoms with Crippen LogP contribution in [-0.4, -0.2) is 35.8 Å². The van der Waals surface area contributed by atoms with Crippen molar-refractivity contribution >= 4 is 17.5 Å². The molecule has 0 bridgehead atoms. The first-order valence-electron chi connectivity index (χ1n) is 6.44. The van der Waals surface area contributed by atoms with Gasteiger partial charge in [0.15, 0.2) is 0 Å². The zero-order valence-corrected chi connectivity index (χ0v) is 11.2. The van der Waals surface area contributed by atoms with Crippen LogP contribution in [0.5, 0.6) is 0 Å². The summed E-state index contributed by atoms with van der Waals surface area (Å²) < 4.78 is 0. The van der Waals surface area contributed by atoms with Crippen LogP contribution in [0.1, 0.15) is 25.3 Å². The zero-order chi connectivity index (χ0) is 14.0. The lowest BCUT2D eigenvalue weighted by Crippen LogP contribution is -2.56. The number of carbonyl (C=O) groups excluding carboxylic acids is 2. The predicted octanol–water partition coefficient (Wildman–Crippen LogP) is 0.719. The minimum absolute atomic E-state index is 0.0343. The van der Waals surface area contributed by atoms with Crippen LogP contribution in [0.4, 0.5) is 5.69 Å². The minimum atomic E-state index is -0.412. The summed E-state index contributed by atoms with van der Waals surface area (Å²) in [6.07, 6.45) is 0. The standard InChI is InChI=1S/C14H19N3O2/c1-9(11-4-3-5-12(15)8-11)14(19)17-7-6-16-13(18)10(17)2/h3-5,8-10H,6-7,15H2,1-2H3,(H,16,18). The third kappa shape index (κ3) is 2.70. The minimum Gasteiger partial charge on any atom is -0.399 e. The first-order valence-corrected chi connectivity index (χ1v) is 6.44. The molecule has 0 radical (unpaired) electrons. The molecule has 2 rings (SSSR count). The van der Waals surface area contributed by atoms with Crippen LogP contribution < -0.4 is 11.1 Å². The monoisotopic (exact) mass is 261 g/mol. The van der Waals surface area contributed by atoms with E-state index in [4.69, 9.17) is 5.73 Å². The lowest BCUT2D eigenvalue weighted by Gasteiger charge is -2.34. The van der Waals surface area contributed by atoms with Gasteiger partial charge in [-0.25, -0.2) is 0 Å². The Morgan fingerprint density at radius 3 is 2.95 bits per heavy atom. The van der Waals surface area contributed by atoms with Gasteiger partial charge < -0.3 is 16.0 Å². The van der Waals surface area contributed by atoms with E-state index in [9.17, 15) is 9.59 Å². The number of anilines is 1. The molecule has 5 heteroatoms. The van der Waals surface area contributed by atoms with Crippen LogP contribution in [0.25, 0.3) is 0 Å². The van der Waals surface area contributed by atoms with Gasteiger partial charge in [0.05, 0.1) is 5.92 Å². The summed E-state index contributed by atoms with van der Waals surface area (Å²) in [4.78, 5) is 25.7. The Morgan fingerprint density at radius 1 is 1.53 bits per heavy atom. The highest BCUT2D eigenvalue weighted by Gasteiger charge is 2.32. The highest BCUT2D eigenvalue weighted by atomic mass is 16.2. The van der Waals surface area contributed by atoms with Crippen LogP contribution >= 0.6 is 0 Å². The van der Waals surface area contributed by atoms with Crippen molar-refractivity contribution in [2.45, 2.75) is 25.8 Å². The summed E-state index contributed by atoms with van der Waals surface area (Å²) in [6.45, 7) is 4.66. The summed E-state index contributed by atoms with van der Waals surface area (Å²) in [5.74, 6) is -0.427. The molecule has 0 aliphatic carbocycles. The molecule has 1 aromatic rings. The Labute approximate surface area is 112 Å². The number of nitrogens with zero attached hydrogens (tertiary/aromatic N) is 1. The van der Waals surface area contributed by atoms with E-state index >= 15 is 0 Å². The van der Waals surface area contributed by atoms with Crippen molar-refractivity contribution in [1.29, 1.82) is 0 Å². The number of nitrogens with one attached hydrogen (secondary N) is 1. The molecule has 0 aromatic heterocycles. The quantitative estimate of drug-likeness (QED) is 0.770. The summed E-state index contributed by atoms with van der Waals surface area (Å²) in [5, 5.41) is 2.75. The van der Waals surface area contributed by atoms with Gasteiger partial charge in [0, 0.05) is 18.8 Å². The van der Waals surface area contributed by atoms with Crippen molar-refractivity contribution in [3.05, 3.63) is 29.8 Å². The van der Waals surface area contributed by atoms with E-state index in [0.29, 0.717) is 18.8 Å². The van der Waals surface area contributed by atoms with Gasteiger partial charge in [0.1, 0.15) is 6.04 Å². The highest BCUT2D eigenvalue weighted by molar-refractivity contribution is 5.91. The fourth-order valence-corrected chi connectivity index (χ4v) is 2.30. The summed E-state index contributed by atoms with van der Waals surface area (Å²) >= 11 is 0. The van der Waals surface area contributed by atoms with E-state index < -0.39 is 6.04 Å². The Balaban J connectivity index is 2.17. The normalized spacial score (nSPS) is 20.8. The third-order valence-electron chi connectivity index (χ3n) is 3.56. The summed E-state index contributed by atoms with van der Waals surface area (Å²) in [5.41, 5.74) is 7.25. The van der Waals surface area contributed by atoms with Crippen molar-refractivity contribution in [2.24, 2.45) is 0 Å². The molecular formula is C14H19N3O2. The number of carbonyl (C=O) groups is 2. The van der Waals surface area contributed by atoms with Crippen molar-refractivity contribution in [3.63, 3.8) is 0 Å². The van der Waals surface area contributed by atoms with E-state index in [1.807, 2.05) is 19.1 Å². The Kier molecular flexibility index (Phi) is 3.74. The number of nitrogen functional groups attached to an aromatic ring is 1. The Morgan fingerprint density at radius 2 is 2.26 bits per heavy atom. The topological polar surface area (TPSA) is 75.4 Å². The number of benzene rings is 1. The molecule has 2 unspecified atom stereocenters. The van der Waals surface area contributed by atoms with Crippen LogP contribution in [0.3, 0.4) is 0 Å². The first-order chi connectivity index (χ1) is 9.00. The van der Waals surface area contributed by atoms with Gasteiger partial charge in [-0.05, 0) is 31.5 Å². The first kappa shape index (κ1) is 13.4. The highest BCUT2D eigenvalue weighted by Crippen LogP contribution is 2.21. The van der Waals surface area contributed by atoms with Gasteiger partial charge >= 0.3 is 0 Å². The fourth-order valence-electron chi connectivity index (χ4n) is 2.30. The molecule has 0 spiro atoms. The van der Waals surface area contributed by atoms with Crippen molar-refractivity contribution in [1.82, 2.24) is 10.2 Å². The molecular weight excluding hydrogens is 242 g/mol. The average molecular weight is 261 g/mol. The van der Waals surface area contributed by atoms with Gasteiger partial charge in [-0.15, -0.1) is 0 Å². The molecule has 102 valence electrons. The van der Waals surface area contributed by atoms with Crippen LogP contribution in [-0.2, 0) is 9.59 Å². The molecule has 19 heavy (non-hydrogen) atoms. The Hall–Kier alpha value is -2.04. The number of amides is 2. The maximum absolute atomic E-state index is 12.5. The molecule has 1 saturated heterocycles. The lowest BCUT2D eigenvalue weighted by atomic mass is 9.98. The largest absolute Gasteiger partial charge is 0.399 e. The number of nitrogens with two attached hydrogens (primary N) is 1.